The van der Waals surface area contributed by atoms with Crippen molar-refractivity contribution in [2.24, 2.45) is 5.92 Å². The number of amides is 2. The topological polar surface area (TPSA) is 83.6 Å². The molecular formula is C23H26N2O4S. The van der Waals surface area contributed by atoms with Gasteiger partial charge in [-0.15, -0.1) is 0 Å². The van der Waals surface area contributed by atoms with Crippen LogP contribution in [0.25, 0.3) is 0 Å². The number of hydrogen-bond donors (Lipinski definition) is 1. The van der Waals surface area contributed by atoms with Gasteiger partial charge in [-0.1, -0.05) is 57.0 Å². The number of benzene rings is 2. The minimum absolute atomic E-state index is 0.0640. The average Bonchev–Trinajstić information content (AvgIpc) is 3.55. The minimum atomic E-state index is -3.89. The van der Waals surface area contributed by atoms with Gasteiger partial charge in [0, 0.05) is 11.6 Å². The molecule has 4 rings (SSSR count). The number of nitrogens with zero attached hydrogens (tertiary/aromatic N) is 1. The number of fused-ring (bicyclic) bond motifs is 1. The quantitative estimate of drug-likeness (QED) is 0.728. The molecule has 1 unspecified atom stereocenters. The summed E-state index contributed by atoms with van der Waals surface area (Å²) in [5.41, 5.74) is 1.41. The van der Waals surface area contributed by atoms with Gasteiger partial charge in [0.1, 0.15) is 4.90 Å². The standard InChI is InChI=1S/C23H26N2O4S/c1-3-15(4-2)21(16-8-6-5-7-9-16)24-22(26)17-10-13-19-20(14-17)30(28,29)25(23(19)27)18-11-12-18/h5-10,13-15,18,21H,3-4,11-12H2,1-2H3,(H,24,26). The van der Waals surface area contributed by atoms with Gasteiger partial charge >= 0.3 is 0 Å². The highest BCUT2D eigenvalue weighted by Gasteiger charge is 2.48. The molecule has 158 valence electrons. The zero-order chi connectivity index (χ0) is 21.5. The summed E-state index contributed by atoms with van der Waals surface area (Å²) in [6.07, 6.45) is 3.19. The molecule has 2 aromatic carbocycles. The molecule has 0 spiro atoms. The zero-order valence-corrected chi connectivity index (χ0v) is 18.0. The Morgan fingerprint density at radius 3 is 2.37 bits per heavy atom. The zero-order valence-electron chi connectivity index (χ0n) is 17.2. The Hall–Kier alpha value is -2.67. The maximum absolute atomic E-state index is 13.1. The van der Waals surface area contributed by atoms with Crippen LogP contribution >= 0.6 is 0 Å². The Bertz CT molecular complexity index is 1070. The molecule has 30 heavy (non-hydrogen) atoms. The lowest BCUT2D eigenvalue weighted by molar-refractivity contribution is 0.0862. The molecule has 0 saturated heterocycles. The van der Waals surface area contributed by atoms with Crippen LogP contribution in [0, 0.1) is 5.92 Å². The van der Waals surface area contributed by atoms with Crippen molar-refractivity contribution in [1.29, 1.82) is 0 Å². The first-order valence-corrected chi connectivity index (χ1v) is 11.9. The van der Waals surface area contributed by atoms with E-state index in [0.29, 0.717) is 12.8 Å². The lowest BCUT2D eigenvalue weighted by Gasteiger charge is -2.27. The monoisotopic (exact) mass is 426 g/mol. The molecule has 1 aliphatic heterocycles. The van der Waals surface area contributed by atoms with E-state index in [-0.39, 0.29) is 39.9 Å². The number of rotatable bonds is 7. The highest BCUT2D eigenvalue weighted by Crippen LogP contribution is 2.39. The van der Waals surface area contributed by atoms with Gasteiger partial charge in [-0.3, -0.25) is 9.59 Å². The van der Waals surface area contributed by atoms with E-state index in [9.17, 15) is 18.0 Å². The van der Waals surface area contributed by atoms with Crippen LogP contribution in [0.3, 0.4) is 0 Å². The van der Waals surface area contributed by atoms with Crippen molar-refractivity contribution >= 4 is 21.8 Å². The van der Waals surface area contributed by atoms with Crippen LogP contribution in [-0.2, 0) is 10.0 Å². The lowest BCUT2D eigenvalue weighted by Crippen LogP contribution is -2.33. The molecule has 2 amide bonds. The molecule has 0 aromatic heterocycles. The third-order valence-corrected chi connectivity index (χ3v) is 7.93. The molecule has 2 aromatic rings. The first kappa shape index (κ1) is 20.6. The molecule has 1 aliphatic carbocycles. The normalized spacial score (nSPS) is 18.4. The van der Waals surface area contributed by atoms with Crippen LogP contribution in [-0.4, -0.2) is 30.6 Å². The number of carbonyl (C=O) groups is 2. The number of carbonyl (C=O) groups excluding carboxylic acids is 2. The summed E-state index contributed by atoms with van der Waals surface area (Å²) in [5.74, 6) is -0.578. The highest BCUT2D eigenvalue weighted by atomic mass is 32.2. The molecule has 0 bridgehead atoms. The summed E-state index contributed by atoms with van der Waals surface area (Å²) in [6, 6.07) is 13.7. The Morgan fingerprint density at radius 1 is 1.10 bits per heavy atom. The maximum Gasteiger partial charge on any atom is 0.269 e. The molecule has 1 atom stereocenters. The fourth-order valence-corrected chi connectivity index (χ4v) is 6.02. The van der Waals surface area contributed by atoms with Gasteiger partial charge in [0.05, 0.1) is 11.6 Å². The third kappa shape index (κ3) is 3.51. The minimum Gasteiger partial charge on any atom is -0.345 e. The molecule has 1 fully saturated rings. The average molecular weight is 427 g/mol. The summed E-state index contributed by atoms with van der Waals surface area (Å²) < 4.78 is 26.7. The van der Waals surface area contributed by atoms with Crippen molar-refractivity contribution in [1.82, 2.24) is 9.62 Å². The molecule has 7 heteroatoms. The molecule has 6 nitrogen and oxygen atoms in total. The molecule has 1 heterocycles. The van der Waals surface area contributed by atoms with Gasteiger partial charge in [0.25, 0.3) is 21.8 Å². The summed E-state index contributed by atoms with van der Waals surface area (Å²) >= 11 is 0. The van der Waals surface area contributed by atoms with E-state index in [1.807, 2.05) is 30.3 Å². The van der Waals surface area contributed by atoms with Crippen molar-refractivity contribution in [2.75, 3.05) is 0 Å². The van der Waals surface area contributed by atoms with Gasteiger partial charge in [-0.25, -0.2) is 12.7 Å². The van der Waals surface area contributed by atoms with E-state index in [1.165, 1.54) is 18.2 Å². The second kappa shape index (κ2) is 7.87. The Labute approximate surface area is 177 Å². The van der Waals surface area contributed by atoms with Crippen LogP contribution in [0.15, 0.2) is 53.4 Å². The number of hydrogen-bond acceptors (Lipinski definition) is 4. The second-order valence-electron chi connectivity index (χ2n) is 7.99. The van der Waals surface area contributed by atoms with Gasteiger partial charge in [-0.05, 0) is 42.5 Å². The number of sulfonamides is 1. The van der Waals surface area contributed by atoms with Crippen LogP contribution in [0.4, 0.5) is 0 Å². The van der Waals surface area contributed by atoms with E-state index in [1.54, 1.807) is 0 Å². The molecule has 1 saturated carbocycles. The Morgan fingerprint density at radius 2 is 1.77 bits per heavy atom. The van der Waals surface area contributed by atoms with E-state index >= 15 is 0 Å². The summed E-state index contributed by atoms with van der Waals surface area (Å²) in [5, 5.41) is 3.10. The van der Waals surface area contributed by atoms with Crippen molar-refractivity contribution in [3.05, 3.63) is 65.2 Å². The molecule has 1 N–H and O–H groups in total. The van der Waals surface area contributed by atoms with Gasteiger partial charge in [0.2, 0.25) is 0 Å². The predicted molar refractivity (Wildman–Crippen MR) is 114 cm³/mol. The first-order valence-electron chi connectivity index (χ1n) is 10.5. The Balaban J connectivity index is 1.64. The van der Waals surface area contributed by atoms with Crippen molar-refractivity contribution in [2.45, 2.75) is 56.5 Å². The van der Waals surface area contributed by atoms with E-state index < -0.39 is 15.9 Å². The highest BCUT2D eigenvalue weighted by molar-refractivity contribution is 7.90. The summed E-state index contributed by atoms with van der Waals surface area (Å²) in [4.78, 5) is 25.6. The Kier molecular flexibility index (Phi) is 5.40. The summed E-state index contributed by atoms with van der Waals surface area (Å²) in [7, 11) is -3.89. The smallest absolute Gasteiger partial charge is 0.269 e. The lowest BCUT2D eigenvalue weighted by atomic mass is 9.88. The SMILES string of the molecule is CCC(CC)C(NC(=O)c1ccc2c(c1)S(=O)(=O)N(C1CC1)C2=O)c1ccccc1. The molecular weight excluding hydrogens is 400 g/mol. The van der Waals surface area contributed by atoms with Gasteiger partial charge in [0.15, 0.2) is 0 Å². The van der Waals surface area contributed by atoms with Crippen molar-refractivity contribution in [3.63, 3.8) is 0 Å². The van der Waals surface area contributed by atoms with Crippen LogP contribution in [0.5, 0.6) is 0 Å². The van der Waals surface area contributed by atoms with E-state index in [2.05, 4.69) is 19.2 Å². The first-order chi connectivity index (χ1) is 14.4. The third-order valence-electron chi connectivity index (χ3n) is 6.06. The van der Waals surface area contributed by atoms with Crippen LogP contribution < -0.4 is 5.32 Å². The largest absolute Gasteiger partial charge is 0.345 e. The van der Waals surface area contributed by atoms with Gasteiger partial charge in [-0.2, -0.15) is 0 Å². The molecule has 0 radical (unpaired) electrons. The molecule has 2 aliphatic rings. The van der Waals surface area contributed by atoms with Crippen molar-refractivity contribution in [3.8, 4) is 0 Å². The van der Waals surface area contributed by atoms with Crippen molar-refractivity contribution < 1.29 is 18.0 Å². The van der Waals surface area contributed by atoms with Gasteiger partial charge < -0.3 is 5.32 Å². The van der Waals surface area contributed by atoms with E-state index in [4.69, 9.17) is 0 Å². The number of nitrogens with one attached hydrogen (secondary N) is 1. The summed E-state index contributed by atoms with van der Waals surface area (Å²) in [6.45, 7) is 4.19. The second-order valence-corrected chi connectivity index (χ2v) is 9.77. The van der Waals surface area contributed by atoms with Crippen LogP contribution in [0.2, 0.25) is 0 Å². The fourth-order valence-electron chi connectivity index (χ4n) is 4.18. The van der Waals surface area contributed by atoms with E-state index in [0.717, 1.165) is 22.7 Å². The maximum atomic E-state index is 13.1. The fraction of sp³-hybridized carbons (Fsp3) is 0.391. The predicted octanol–water partition coefficient (Wildman–Crippen LogP) is 3.90. The van der Waals surface area contributed by atoms with Crippen LogP contribution in [0.1, 0.15) is 71.9 Å².